The Balaban J connectivity index is 0.00000364. The second-order valence-electron chi connectivity index (χ2n) is 6.69. The monoisotopic (exact) mass is 508 g/mol. The first kappa shape index (κ1) is 24.2. The van der Waals surface area contributed by atoms with E-state index >= 15 is 0 Å². The van der Waals surface area contributed by atoms with Crippen LogP contribution in [0.4, 0.5) is 0 Å². The SMILES string of the molecule is CCNC(=NCCCN(CC)S(C)(=O)=O)N1CCC(c2ccccc2)C1.I. The number of guanidine groups is 1. The van der Waals surface area contributed by atoms with Crippen LogP contribution in [0.3, 0.4) is 0 Å². The molecule has 0 aromatic heterocycles. The molecule has 1 aliphatic heterocycles. The highest BCUT2D eigenvalue weighted by Crippen LogP contribution is 2.26. The first-order valence-electron chi connectivity index (χ1n) is 9.49. The van der Waals surface area contributed by atoms with Gasteiger partial charge in [-0.15, -0.1) is 24.0 Å². The number of likely N-dealkylation sites (tertiary alicyclic amines) is 1. The molecule has 0 aliphatic carbocycles. The van der Waals surface area contributed by atoms with Gasteiger partial charge >= 0.3 is 0 Å². The summed E-state index contributed by atoms with van der Waals surface area (Å²) in [5, 5.41) is 3.37. The topological polar surface area (TPSA) is 65.0 Å². The van der Waals surface area contributed by atoms with E-state index in [4.69, 9.17) is 4.99 Å². The Morgan fingerprint density at radius 2 is 2.00 bits per heavy atom. The van der Waals surface area contributed by atoms with E-state index in [9.17, 15) is 8.42 Å². The normalized spacial score (nSPS) is 17.9. The second-order valence-corrected chi connectivity index (χ2v) is 8.67. The summed E-state index contributed by atoms with van der Waals surface area (Å²) in [6, 6.07) is 10.6. The fraction of sp³-hybridized carbons (Fsp3) is 0.632. The van der Waals surface area contributed by atoms with Crippen LogP contribution in [0.1, 0.15) is 38.2 Å². The molecule has 1 unspecified atom stereocenters. The van der Waals surface area contributed by atoms with E-state index < -0.39 is 10.0 Å². The Morgan fingerprint density at radius 1 is 1.30 bits per heavy atom. The Kier molecular flexibility index (Phi) is 10.6. The van der Waals surface area contributed by atoms with Crippen molar-refractivity contribution in [2.45, 2.75) is 32.6 Å². The molecule has 0 amide bonds. The van der Waals surface area contributed by atoms with Gasteiger partial charge in [-0.25, -0.2) is 12.7 Å². The Labute approximate surface area is 181 Å². The summed E-state index contributed by atoms with van der Waals surface area (Å²) in [7, 11) is -3.12. The van der Waals surface area contributed by atoms with Gasteiger partial charge in [0.05, 0.1) is 6.26 Å². The third-order valence-electron chi connectivity index (χ3n) is 4.74. The average molecular weight is 508 g/mol. The fourth-order valence-corrected chi connectivity index (χ4v) is 4.30. The number of aliphatic imine (C=N–C) groups is 1. The summed E-state index contributed by atoms with van der Waals surface area (Å²) in [5.74, 6) is 1.48. The number of halogens is 1. The standard InChI is InChI=1S/C19H32N4O2S.HI/c1-4-20-19(21-13-9-14-23(5-2)26(3,24)25)22-15-12-18(16-22)17-10-7-6-8-11-17;/h6-8,10-11,18H,4-5,9,12-16H2,1-3H3,(H,20,21);1H. The van der Waals surface area contributed by atoms with Crippen molar-refractivity contribution in [1.82, 2.24) is 14.5 Å². The lowest BCUT2D eigenvalue weighted by molar-refractivity contribution is 0.425. The van der Waals surface area contributed by atoms with Gasteiger partial charge < -0.3 is 10.2 Å². The number of sulfonamides is 1. The van der Waals surface area contributed by atoms with Crippen LogP contribution in [-0.4, -0.2) is 69.1 Å². The molecule has 8 heteroatoms. The number of benzene rings is 1. The molecule has 1 atom stereocenters. The van der Waals surface area contributed by atoms with Crippen molar-refractivity contribution in [1.29, 1.82) is 0 Å². The zero-order valence-electron chi connectivity index (χ0n) is 16.6. The lowest BCUT2D eigenvalue weighted by Crippen LogP contribution is -2.40. The molecule has 0 radical (unpaired) electrons. The zero-order chi connectivity index (χ0) is 19.0. The molecule has 1 N–H and O–H groups in total. The zero-order valence-corrected chi connectivity index (χ0v) is 19.7. The van der Waals surface area contributed by atoms with Crippen molar-refractivity contribution in [2.75, 3.05) is 45.5 Å². The summed E-state index contributed by atoms with van der Waals surface area (Å²) < 4.78 is 24.8. The maximum absolute atomic E-state index is 11.6. The minimum absolute atomic E-state index is 0. The maximum Gasteiger partial charge on any atom is 0.211 e. The van der Waals surface area contributed by atoms with E-state index in [0.29, 0.717) is 25.6 Å². The van der Waals surface area contributed by atoms with Crippen molar-refractivity contribution in [3.63, 3.8) is 0 Å². The average Bonchev–Trinajstić information content (AvgIpc) is 3.10. The van der Waals surface area contributed by atoms with Gasteiger partial charge in [0.15, 0.2) is 5.96 Å². The van der Waals surface area contributed by atoms with Gasteiger partial charge in [-0.3, -0.25) is 4.99 Å². The van der Waals surface area contributed by atoms with Crippen LogP contribution in [0.2, 0.25) is 0 Å². The molecule has 27 heavy (non-hydrogen) atoms. The molecular weight excluding hydrogens is 475 g/mol. The van der Waals surface area contributed by atoms with Crippen LogP contribution in [0, 0.1) is 0 Å². The molecule has 1 heterocycles. The fourth-order valence-electron chi connectivity index (χ4n) is 3.37. The quantitative estimate of drug-likeness (QED) is 0.254. The van der Waals surface area contributed by atoms with Crippen molar-refractivity contribution in [2.24, 2.45) is 4.99 Å². The number of rotatable bonds is 8. The molecule has 0 saturated carbocycles. The second kappa shape index (κ2) is 11.9. The minimum Gasteiger partial charge on any atom is -0.357 e. The highest BCUT2D eigenvalue weighted by molar-refractivity contribution is 14.0. The van der Waals surface area contributed by atoms with Crippen LogP contribution in [0.15, 0.2) is 35.3 Å². The van der Waals surface area contributed by atoms with Crippen LogP contribution in [-0.2, 0) is 10.0 Å². The molecular formula is C19H33IN4O2S. The summed E-state index contributed by atoms with van der Waals surface area (Å²) in [6.45, 7) is 8.39. The van der Waals surface area contributed by atoms with Crippen molar-refractivity contribution >= 4 is 40.0 Å². The van der Waals surface area contributed by atoms with E-state index in [0.717, 1.165) is 38.4 Å². The predicted molar refractivity (Wildman–Crippen MR) is 123 cm³/mol. The van der Waals surface area contributed by atoms with Crippen molar-refractivity contribution in [3.05, 3.63) is 35.9 Å². The highest BCUT2D eigenvalue weighted by atomic mass is 127. The summed E-state index contributed by atoms with van der Waals surface area (Å²) >= 11 is 0. The molecule has 154 valence electrons. The Hall–Kier alpha value is -0.870. The van der Waals surface area contributed by atoms with E-state index in [-0.39, 0.29) is 24.0 Å². The first-order valence-corrected chi connectivity index (χ1v) is 11.3. The van der Waals surface area contributed by atoms with Crippen molar-refractivity contribution in [3.8, 4) is 0 Å². The largest absolute Gasteiger partial charge is 0.357 e. The minimum atomic E-state index is -3.12. The van der Waals surface area contributed by atoms with Gasteiger partial charge in [0.25, 0.3) is 0 Å². The molecule has 0 bridgehead atoms. The number of hydrogen-bond donors (Lipinski definition) is 1. The lowest BCUT2D eigenvalue weighted by Gasteiger charge is -2.22. The van der Waals surface area contributed by atoms with E-state index in [1.807, 2.05) is 6.92 Å². The van der Waals surface area contributed by atoms with Gasteiger partial charge in [-0.05, 0) is 25.3 Å². The lowest BCUT2D eigenvalue weighted by atomic mass is 9.99. The maximum atomic E-state index is 11.6. The van der Waals surface area contributed by atoms with Crippen molar-refractivity contribution < 1.29 is 8.42 Å². The molecule has 1 aromatic carbocycles. The molecule has 1 aliphatic rings. The van der Waals surface area contributed by atoms with Gasteiger partial charge in [-0.2, -0.15) is 0 Å². The Bertz CT molecular complexity index is 682. The van der Waals surface area contributed by atoms with E-state index in [1.165, 1.54) is 16.1 Å². The van der Waals surface area contributed by atoms with Gasteiger partial charge in [0.1, 0.15) is 0 Å². The highest BCUT2D eigenvalue weighted by Gasteiger charge is 2.25. The molecule has 1 saturated heterocycles. The van der Waals surface area contributed by atoms with E-state index in [2.05, 4.69) is 47.5 Å². The van der Waals surface area contributed by atoms with E-state index in [1.54, 1.807) is 0 Å². The molecule has 0 spiro atoms. The summed E-state index contributed by atoms with van der Waals surface area (Å²) in [6.07, 6.45) is 3.12. The third kappa shape index (κ3) is 7.57. The Morgan fingerprint density at radius 3 is 2.59 bits per heavy atom. The molecule has 6 nitrogen and oxygen atoms in total. The van der Waals surface area contributed by atoms with Crippen LogP contribution in [0.25, 0.3) is 0 Å². The third-order valence-corrected chi connectivity index (χ3v) is 6.12. The summed E-state index contributed by atoms with van der Waals surface area (Å²) in [5.41, 5.74) is 1.39. The number of hydrogen-bond acceptors (Lipinski definition) is 3. The predicted octanol–water partition coefficient (Wildman–Crippen LogP) is 2.73. The van der Waals surface area contributed by atoms with Crippen LogP contribution < -0.4 is 5.32 Å². The number of nitrogens with one attached hydrogen (secondary N) is 1. The first-order chi connectivity index (χ1) is 12.5. The molecule has 1 fully saturated rings. The molecule has 1 aromatic rings. The van der Waals surface area contributed by atoms with Gasteiger partial charge in [-0.1, -0.05) is 37.3 Å². The smallest absolute Gasteiger partial charge is 0.211 e. The summed E-state index contributed by atoms with van der Waals surface area (Å²) in [4.78, 5) is 7.04. The van der Waals surface area contributed by atoms with Gasteiger partial charge in [0.2, 0.25) is 10.0 Å². The van der Waals surface area contributed by atoms with Crippen LogP contribution >= 0.6 is 24.0 Å². The number of nitrogens with zero attached hydrogens (tertiary/aromatic N) is 3. The van der Waals surface area contributed by atoms with Gasteiger partial charge in [0, 0.05) is 45.2 Å². The van der Waals surface area contributed by atoms with Crippen LogP contribution in [0.5, 0.6) is 0 Å². The molecule has 2 rings (SSSR count).